The molecule has 0 spiro atoms. The van der Waals surface area contributed by atoms with Gasteiger partial charge in [0.2, 0.25) is 0 Å². The maximum Gasteiger partial charge on any atom is 0.0104 e. The van der Waals surface area contributed by atoms with Crippen LogP contribution in [-0.2, 0) is 0 Å². The van der Waals surface area contributed by atoms with Gasteiger partial charge in [0.1, 0.15) is 0 Å². The fourth-order valence-electron chi connectivity index (χ4n) is 1.32. The molecular weight excluding hydrogens is 183 g/mol. The number of hydrogen-bond donors (Lipinski definition) is 1. The first-order valence-corrected chi connectivity index (χ1v) is 5.04. The van der Waals surface area contributed by atoms with Crippen molar-refractivity contribution in [2.45, 2.75) is 32.6 Å². The van der Waals surface area contributed by atoms with Crippen molar-refractivity contribution in [3.63, 3.8) is 0 Å². The highest BCUT2D eigenvalue weighted by molar-refractivity contribution is 7.80. The molecule has 1 unspecified atom stereocenters. The highest BCUT2D eigenvalue weighted by Crippen LogP contribution is 2.24. The van der Waals surface area contributed by atoms with Crippen molar-refractivity contribution in [1.82, 2.24) is 0 Å². The monoisotopic (exact) mass is 198 g/mol. The summed E-state index contributed by atoms with van der Waals surface area (Å²) in [4.78, 5) is 1.14. The van der Waals surface area contributed by atoms with Crippen molar-refractivity contribution in [2.75, 3.05) is 0 Å². The van der Waals surface area contributed by atoms with Crippen LogP contribution in [-0.4, -0.2) is 0 Å². The molecule has 0 radical (unpaired) electrons. The molecule has 0 bridgehead atoms. The second-order valence-electron chi connectivity index (χ2n) is 3.26. The van der Waals surface area contributed by atoms with Gasteiger partial charge in [-0.2, -0.15) is 0 Å². The molecule has 0 aliphatic rings. The average Bonchev–Trinajstić information content (AvgIpc) is 2.08. The Labute approximate surface area is 82.4 Å². The van der Waals surface area contributed by atoms with E-state index in [2.05, 4.69) is 49.6 Å². The van der Waals surface area contributed by atoms with Crippen LogP contribution >= 0.6 is 21.9 Å². The number of hydrogen-bond acceptors (Lipinski definition) is 1. The standard InChI is InChI=1S/C10H15PS/c1-5-7(3)10(12)8(4)6(2)9(5)11/h12H,11H2,1-4H3. The molecule has 0 amide bonds. The molecule has 0 aliphatic carbocycles. The first-order valence-electron chi connectivity index (χ1n) is 4.01. The lowest BCUT2D eigenvalue weighted by Crippen LogP contribution is -2.08. The van der Waals surface area contributed by atoms with Crippen LogP contribution in [0.4, 0.5) is 0 Å². The Bertz CT molecular complexity index is 224. The van der Waals surface area contributed by atoms with Gasteiger partial charge in [0.25, 0.3) is 0 Å². The van der Waals surface area contributed by atoms with Gasteiger partial charge in [-0.3, -0.25) is 0 Å². The van der Waals surface area contributed by atoms with Crippen molar-refractivity contribution in [3.05, 3.63) is 22.3 Å². The third-order valence-electron chi connectivity index (χ3n) is 2.64. The van der Waals surface area contributed by atoms with Gasteiger partial charge >= 0.3 is 0 Å². The minimum Gasteiger partial charge on any atom is -0.143 e. The first-order chi connectivity index (χ1) is 5.46. The van der Waals surface area contributed by atoms with Gasteiger partial charge in [-0.15, -0.1) is 21.9 Å². The van der Waals surface area contributed by atoms with Crippen LogP contribution < -0.4 is 5.30 Å². The highest BCUT2D eigenvalue weighted by atomic mass is 32.1. The molecule has 2 heteroatoms. The maximum absolute atomic E-state index is 4.49. The summed E-state index contributed by atoms with van der Waals surface area (Å²) in [5.74, 6) is 0. The van der Waals surface area contributed by atoms with Crippen molar-refractivity contribution in [3.8, 4) is 0 Å². The molecule has 0 aromatic heterocycles. The second-order valence-corrected chi connectivity index (χ2v) is 4.29. The fraction of sp³-hybridized carbons (Fsp3) is 0.400. The van der Waals surface area contributed by atoms with E-state index in [-0.39, 0.29) is 0 Å². The van der Waals surface area contributed by atoms with Gasteiger partial charge in [0.05, 0.1) is 0 Å². The minimum absolute atomic E-state index is 1.14. The Balaban J connectivity index is 3.60. The average molecular weight is 198 g/mol. The Hall–Kier alpha value is -0.0000000000000000555. The normalized spacial score (nSPS) is 10.5. The Morgan fingerprint density at radius 3 is 1.50 bits per heavy atom. The molecule has 1 rings (SSSR count). The van der Waals surface area contributed by atoms with E-state index < -0.39 is 0 Å². The van der Waals surface area contributed by atoms with Gasteiger partial charge < -0.3 is 0 Å². The predicted molar refractivity (Wildman–Crippen MR) is 62.0 cm³/mol. The van der Waals surface area contributed by atoms with Gasteiger partial charge in [0, 0.05) is 4.90 Å². The van der Waals surface area contributed by atoms with Crippen LogP contribution in [0.25, 0.3) is 0 Å². The smallest absolute Gasteiger partial charge is 0.0104 e. The Morgan fingerprint density at radius 1 is 0.833 bits per heavy atom. The molecule has 1 atom stereocenters. The SMILES string of the molecule is Cc1c(C)c(S)c(C)c(C)c1P. The van der Waals surface area contributed by atoms with Crippen molar-refractivity contribution in [1.29, 1.82) is 0 Å². The second kappa shape index (κ2) is 3.40. The van der Waals surface area contributed by atoms with Crippen molar-refractivity contribution >= 4 is 27.2 Å². The van der Waals surface area contributed by atoms with Gasteiger partial charge in [-0.05, 0) is 55.3 Å². The molecule has 0 nitrogen and oxygen atoms in total. The lowest BCUT2D eigenvalue weighted by Gasteiger charge is -2.14. The van der Waals surface area contributed by atoms with Crippen LogP contribution in [0.3, 0.4) is 0 Å². The minimum atomic E-state index is 1.14. The largest absolute Gasteiger partial charge is 0.143 e. The number of rotatable bonds is 0. The zero-order valence-corrected chi connectivity index (χ0v) is 10.1. The van der Waals surface area contributed by atoms with E-state index >= 15 is 0 Å². The zero-order valence-electron chi connectivity index (χ0n) is 8.02. The quantitative estimate of drug-likeness (QED) is 0.481. The van der Waals surface area contributed by atoms with Crippen LogP contribution in [0.1, 0.15) is 22.3 Å². The molecule has 12 heavy (non-hydrogen) atoms. The lowest BCUT2D eigenvalue weighted by molar-refractivity contribution is 1.16. The summed E-state index contributed by atoms with van der Waals surface area (Å²) < 4.78 is 0. The summed E-state index contributed by atoms with van der Waals surface area (Å²) in [6.45, 7) is 8.53. The van der Waals surface area contributed by atoms with Crippen LogP contribution in [0, 0.1) is 27.7 Å². The molecule has 0 fully saturated rings. The summed E-state index contributed by atoms with van der Waals surface area (Å²) in [6.07, 6.45) is 0. The molecule has 0 saturated carbocycles. The third-order valence-corrected chi connectivity index (χ3v) is 4.18. The molecule has 1 aromatic carbocycles. The summed E-state index contributed by atoms with van der Waals surface area (Å²) in [5.41, 5.74) is 5.28. The van der Waals surface area contributed by atoms with E-state index in [0.29, 0.717) is 0 Å². The predicted octanol–water partition coefficient (Wildman–Crippen LogP) is 2.71. The summed E-state index contributed by atoms with van der Waals surface area (Å²) in [7, 11) is 2.80. The molecule has 1 aromatic rings. The van der Waals surface area contributed by atoms with Crippen molar-refractivity contribution in [2.24, 2.45) is 0 Å². The highest BCUT2D eigenvalue weighted by Gasteiger charge is 2.08. The maximum atomic E-state index is 4.49. The van der Waals surface area contributed by atoms with E-state index in [9.17, 15) is 0 Å². The fourth-order valence-corrected chi connectivity index (χ4v) is 2.09. The molecule has 0 N–H and O–H groups in total. The van der Waals surface area contributed by atoms with E-state index in [1.54, 1.807) is 0 Å². The van der Waals surface area contributed by atoms with Crippen LogP contribution in [0.2, 0.25) is 0 Å². The number of thiol groups is 1. The lowest BCUT2D eigenvalue weighted by atomic mass is 10.0. The van der Waals surface area contributed by atoms with Crippen LogP contribution in [0.5, 0.6) is 0 Å². The van der Waals surface area contributed by atoms with Gasteiger partial charge in [0.15, 0.2) is 0 Å². The number of benzene rings is 1. The van der Waals surface area contributed by atoms with Gasteiger partial charge in [-0.1, -0.05) is 0 Å². The summed E-state index contributed by atoms with van der Waals surface area (Å²) in [6, 6.07) is 0. The van der Waals surface area contributed by atoms with E-state index in [4.69, 9.17) is 0 Å². The van der Waals surface area contributed by atoms with Crippen LogP contribution in [0.15, 0.2) is 4.90 Å². The summed E-state index contributed by atoms with van der Waals surface area (Å²) in [5, 5.41) is 1.32. The zero-order chi connectivity index (χ0) is 9.46. The molecule has 0 saturated heterocycles. The van der Waals surface area contributed by atoms with E-state index in [1.165, 1.54) is 27.6 Å². The van der Waals surface area contributed by atoms with Crippen molar-refractivity contribution < 1.29 is 0 Å². The van der Waals surface area contributed by atoms with E-state index in [1.807, 2.05) is 0 Å². The summed E-state index contributed by atoms with van der Waals surface area (Å²) >= 11 is 4.49. The molecule has 0 aliphatic heterocycles. The molecule has 0 heterocycles. The van der Waals surface area contributed by atoms with Gasteiger partial charge in [-0.25, -0.2) is 0 Å². The molecule has 66 valence electrons. The Kier molecular flexibility index (Phi) is 2.85. The Morgan fingerprint density at radius 2 is 1.17 bits per heavy atom. The van der Waals surface area contributed by atoms with E-state index in [0.717, 1.165) is 4.90 Å². The molecular formula is C10H15PS. The topological polar surface area (TPSA) is 0 Å². The first kappa shape index (κ1) is 10.1. The third kappa shape index (κ3) is 1.41.